The molecule has 2 atom stereocenters. The van der Waals surface area contributed by atoms with Gasteiger partial charge in [-0.3, -0.25) is 4.79 Å². The minimum Gasteiger partial charge on any atom is -0.480 e. The van der Waals surface area contributed by atoms with Gasteiger partial charge in [-0.1, -0.05) is 91.0 Å². The molecular weight excluding hydrogens is 734 g/mol. The van der Waals surface area contributed by atoms with Crippen LogP contribution >= 0.6 is 0 Å². The van der Waals surface area contributed by atoms with Crippen molar-refractivity contribution in [1.29, 1.82) is 0 Å². The molecule has 1 amide bonds. The molecule has 0 aromatic heterocycles. The Morgan fingerprint density at radius 3 is 1.93 bits per heavy atom. The number of carbonyl (C=O) groups is 3. The van der Waals surface area contributed by atoms with Gasteiger partial charge in [0.2, 0.25) is 10.0 Å². The van der Waals surface area contributed by atoms with Gasteiger partial charge in [-0.25, -0.2) is 18.0 Å². The molecule has 55 heavy (non-hydrogen) atoms. The number of hydrogen-bond acceptors (Lipinski definition) is 6. The molecule has 284 valence electrons. The van der Waals surface area contributed by atoms with Crippen LogP contribution in [0.4, 0.5) is 13.2 Å². The van der Waals surface area contributed by atoms with Gasteiger partial charge in [0.1, 0.15) is 6.04 Å². The average molecular weight is 771 g/mol. The lowest BCUT2D eigenvalue weighted by Crippen LogP contribution is -2.52. The SMILES string of the molecule is COC(=O)c1ccccc1S(=O)(=O)N1CCC[C@H]1CN(C(=O)c1ccc(-c2ccc(C(F)(F)F)cc2)cc1)[C@@H](Cc1ccc(-c2ccccc2)cc1)C(=O)O. The molecule has 5 aromatic rings. The molecule has 0 radical (unpaired) electrons. The van der Waals surface area contributed by atoms with Crippen molar-refractivity contribution < 1.29 is 45.8 Å². The zero-order valence-corrected chi connectivity index (χ0v) is 30.5. The molecule has 1 fully saturated rings. The van der Waals surface area contributed by atoms with Crippen LogP contribution in [0.2, 0.25) is 0 Å². The molecule has 1 aliphatic rings. The van der Waals surface area contributed by atoms with Gasteiger partial charge >= 0.3 is 18.1 Å². The molecule has 1 N–H and O–H groups in total. The number of methoxy groups -OCH3 is 1. The Morgan fingerprint density at radius 2 is 1.35 bits per heavy atom. The van der Waals surface area contributed by atoms with Crippen molar-refractivity contribution in [2.45, 2.75) is 42.4 Å². The van der Waals surface area contributed by atoms with Crippen molar-refractivity contribution in [3.05, 3.63) is 150 Å². The number of hydrogen-bond donors (Lipinski definition) is 1. The highest BCUT2D eigenvalue weighted by Crippen LogP contribution is 2.33. The van der Waals surface area contributed by atoms with Crippen molar-refractivity contribution in [3.8, 4) is 22.3 Å². The summed E-state index contributed by atoms with van der Waals surface area (Å²) in [7, 11) is -3.17. The third kappa shape index (κ3) is 8.63. The fourth-order valence-electron chi connectivity index (χ4n) is 6.82. The second-order valence-electron chi connectivity index (χ2n) is 13.1. The number of alkyl halides is 3. The Kier molecular flexibility index (Phi) is 11.5. The maximum absolute atomic E-state index is 14.4. The van der Waals surface area contributed by atoms with Crippen molar-refractivity contribution >= 4 is 27.9 Å². The number of carbonyl (C=O) groups excluding carboxylic acids is 2. The summed E-state index contributed by atoms with van der Waals surface area (Å²) in [5.41, 5.74) is 2.67. The minimum atomic E-state index is -4.50. The quantitative estimate of drug-likeness (QED) is 0.129. The number of sulfonamides is 1. The van der Waals surface area contributed by atoms with E-state index in [9.17, 15) is 41.1 Å². The molecular formula is C42H37F3N2O7S. The topological polar surface area (TPSA) is 121 Å². The van der Waals surface area contributed by atoms with Gasteiger partial charge in [-0.05, 0) is 77.1 Å². The zero-order valence-electron chi connectivity index (χ0n) is 29.6. The van der Waals surface area contributed by atoms with Gasteiger partial charge < -0.3 is 14.7 Å². The number of esters is 1. The number of rotatable bonds is 12. The van der Waals surface area contributed by atoms with Crippen LogP contribution in [0.3, 0.4) is 0 Å². The van der Waals surface area contributed by atoms with Gasteiger partial charge in [0.05, 0.1) is 23.1 Å². The van der Waals surface area contributed by atoms with Crippen LogP contribution in [0.25, 0.3) is 22.3 Å². The first-order chi connectivity index (χ1) is 26.3. The number of amides is 1. The summed E-state index contributed by atoms with van der Waals surface area (Å²) in [4.78, 5) is 41.0. The molecule has 1 saturated heterocycles. The lowest BCUT2D eigenvalue weighted by Gasteiger charge is -2.34. The average Bonchev–Trinajstić information content (AvgIpc) is 3.68. The fraction of sp³-hybridized carbons (Fsp3) is 0.214. The standard InChI is InChI=1S/C42H37F3N2O7S/c1-54-41(51)36-11-5-6-12-38(36)55(52,53)47-25-7-10-35(47)27-46(37(40(49)50)26-28-13-15-30(16-14-28)29-8-3-2-4-9-29)39(48)33-19-17-31(18-20-33)32-21-23-34(24-22-32)42(43,44)45/h2-6,8-9,11-24,35,37H,7,10,25-27H2,1H3,(H,49,50)/t35-,37-/m0/s1. The molecule has 1 heterocycles. The summed E-state index contributed by atoms with van der Waals surface area (Å²) in [6, 6.07) is 30.9. The molecule has 1 aliphatic heterocycles. The lowest BCUT2D eigenvalue weighted by molar-refractivity contribution is -0.142. The first-order valence-electron chi connectivity index (χ1n) is 17.4. The number of nitrogens with zero attached hydrogens (tertiary/aromatic N) is 2. The summed E-state index contributed by atoms with van der Waals surface area (Å²) in [5, 5.41) is 10.7. The number of ether oxygens (including phenoxy) is 1. The van der Waals surface area contributed by atoms with Crippen LogP contribution < -0.4 is 0 Å². The van der Waals surface area contributed by atoms with Crippen molar-refractivity contribution in [3.63, 3.8) is 0 Å². The Labute approximate surface area is 316 Å². The molecule has 6 rings (SSSR count). The van der Waals surface area contributed by atoms with Crippen LogP contribution in [-0.2, 0) is 32.2 Å². The van der Waals surface area contributed by atoms with E-state index in [2.05, 4.69) is 0 Å². The smallest absolute Gasteiger partial charge is 0.416 e. The predicted octanol–water partition coefficient (Wildman–Crippen LogP) is 7.82. The first kappa shape index (κ1) is 38.9. The van der Waals surface area contributed by atoms with E-state index < -0.39 is 51.7 Å². The maximum atomic E-state index is 14.4. The number of aliphatic carboxylic acids is 1. The number of benzene rings is 5. The third-order valence-corrected chi connectivity index (χ3v) is 11.7. The van der Waals surface area contributed by atoms with Gasteiger partial charge in [-0.2, -0.15) is 17.5 Å². The molecule has 0 unspecified atom stereocenters. The highest BCUT2D eigenvalue weighted by atomic mass is 32.2. The molecule has 5 aromatic carbocycles. The van der Waals surface area contributed by atoms with Crippen LogP contribution in [-0.4, -0.2) is 72.9 Å². The van der Waals surface area contributed by atoms with E-state index in [1.54, 1.807) is 24.3 Å². The van der Waals surface area contributed by atoms with Crippen LogP contribution in [0.1, 0.15) is 44.7 Å². The Balaban J connectivity index is 1.33. The summed E-state index contributed by atoms with van der Waals surface area (Å²) in [6.45, 7) is -0.205. The number of carboxylic acids is 1. The summed E-state index contributed by atoms with van der Waals surface area (Å²) in [6.07, 6.45) is -3.85. The van der Waals surface area contributed by atoms with Gasteiger partial charge in [-0.15, -0.1) is 0 Å². The van der Waals surface area contributed by atoms with E-state index >= 15 is 0 Å². The fourth-order valence-corrected chi connectivity index (χ4v) is 8.69. The lowest BCUT2D eigenvalue weighted by atomic mass is 9.98. The van der Waals surface area contributed by atoms with Gasteiger partial charge in [0.25, 0.3) is 5.91 Å². The van der Waals surface area contributed by atoms with Crippen molar-refractivity contribution in [2.24, 2.45) is 0 Å². The molecule has 0 bridgehead atoms. The van der Waals surface area contributed by atoms with E-state index in [0.717, 1.165) is 30.4 Å². The Hall–Kier alpha value is -5.79. The summed E-state index contributed by atoms with van der Waals surface area (Å²) >= 11 is 0. The molecule has 0 spiro atoms. The number of halogens is 3. The largest absolute Gasteiger partial charge is 0.480 e. The van der Waals surface area contributed by atoms with Crippen LogP contribution in [0.15, 0.2) is 132 Å². The van der Waals surface area contributed by atoms with Crippen molar-refractivity contribution in [1.82, 2.24) is 9.21 Å². The van der Waals surface area contributed by atoms with E-state index in [0.29, 0.717) is 29.5 Å². The van der Waals surface area contributed by atoms with Gasteiger partial charge in [0.15, 0.2) is 0 Å². The highest BCUT2D eigenvalue weighted by Gasteiger charge is 2.41. The second kappa shape index (κ2) is 16.3. The molecule has 9 nitrogen and oxygen atoms in total. The monoisotopic (exact) mass is 770 g/mol. The normalized spacial score (nSPS) is 15.3. The molecule has 0 aliphatic carbocycles. The van der Waals surface area contributed by atoms with E-state index in [1.165, 1.54) is 57.7 Å². The highest BCUT2D eigenvalue weighted by molar-refractivity contribution is 7.89. The van der Waals surface area contributed by atoms with Crippen molar-refractivity contribution in [2.75, 3.05) is 20.2 Å². The first-order valence-corrected chi connectivity index (χ1v) is 18.9. The Bertz CT molecular complexity index is 2260. The molecule has 13 heteroatoms. The molecule has 0 saturated carbocycles. The minimum absolute atomic E-state index is 0.0745. The predicted molar refractivity (Wildman–Crippen MR) is 200 cm³/mol. The van der Waals surface area contributed by atoms with E-state index in [-0.39, 0.29) is 35.5 Å². The number of carboxylic acid groups (broad SMARTS) is 1. The van der Waals surface area contributed by atoms with E-state index in [1.807, 2.05) is 42.5 Å². The second-order valence-corrected chi connectivity index (χ2v) is 15.0. The summed E-state index contributed by atoms with van der Waals surface area (Å²) in [5.74, 6) is -2.81. The summed E-state index contributed by atoms with van der Waals surface area (Å²) < 4.78 is 73.7. The van der Waals surface area contributed by atoms with E-state index in [4.69, 9.17) is 4.74 Å². The van der Waals surface area contributed by atoms with Gasteiger partial charge in [0, 0.05) is 31.1 Å². The van der Waals surface area contributed by atoms with Crippen LogP contribution in [0, 0.1) is 0 Å². The zero-order chi connectivity index (χ0) is 39.3. The van der Waals surface area contributed by atoms with Crippen LogP contribution in [0.5, 0.6) is 0 Å². The third-order valence-electron chi connectivity index (χ3n) is 9.70. The maximum Gasteiger partial charge on any atom is 0.416 e. The Morgan fingerprint density at radius 1 is 0.800 bits per heavy atom.